The fourth-order valence-corrected chi connectivity index (χ4v) is 3.93. The Morgan fingerprint density at radius 3 is 2.48 bits per heavy atom. The maximum absolute atomic E-state index is 5.91. The molecule has 4 rings (SSSR count). The van der Waals surface area contributed by atoms with Crippen LogP contribution < -0.4 is 0 Å². The fraction of sp³-hybridized carbons (Fsp3) is 0.765. The molecule has 0 N–H and O–H groups in total. The molecule has 1 saturated carbocycles. The molecule has 2 unspecified atom stereocenters. The van der Waals surface area contributed by atoms with Crippen molar-refractivity contribution in [2.45, 2.75) is 69.7 Å². The van der Waals surface area contributed by atoms with E-state index in [0.29, 0.717) is 19.2 Å². The smallest absolute Gasteiger partial charge is 0.174 e. The number of hydrogen-bond acceptors (Lipinski definition) is 6. The van der Waals surface area contributed by atoms with Gasteiger partial charge in [-0.1, -0.05) is 0 Å². The van der Waals surface area contributed by atoms with Gasteiger partial charge in [0.25, 0.3) is 0 Å². The van der Waals surface area contributed by atoms with E-state index in [4.69, 9.17) is 19.6 Å². The van der Waals surface area contributed by atoms with Gasteiger partial charge in [-0.15, -0.1) is 0 Å². The lowest BCUT2D eigenvalue weighted by atomic mass is 9.98. The molecule has 2 aromatic rings. The lowest BCUT2D eigenvalue weighted by Gasteiger charge is -2.33. The summed E-state index contributed by atoms with van der Waals surface area (Å²) in [5, 5.41) is 13.2. The summed E-state index contributed by atoms with van der Waals surface area (Å²) in [4.78, 5) is 6.51. The minimum atomic E-state index is 0.0162. The van der Waals surface area contributed by atoms with Crippen LogP contribution in [0.25, 0.3) is 0 Å². The predicted octanol–water partition coefficient (Wildman–Crippen LogP) is 1.72. The van der Waals surface area contributed by atoms with Crippen molar-refractivity contribution < 1.29 is 9.47 Å². The Morgan fingerprint density at radius 1 is 1.20 bits per heavy atom. The van der Waals surface area contributed by atoms with Gasteiger partial charge >= 0.3 is 0 Å². The third-order valence-electron chi connectivity index (χ3n) is 5.19. The summed E-state index contributed by atoms with van der Waals surface area (Å²) >= 11 is 0. The molecule has 1 saturated heterocycles. The van der Waals surface area contributed by atoms with Gasteiger partial charge in [-0.05, 0) is 39.5 Å². The first kappa shape index (κ1) is 16.7. The molecule has 2 fully saturated rings. The number of nitrogens with zero attached hydrogens (tertiary/aromatic N) is 6. The Hall–Kier alpha value is -1.80. The summed E-state index contributed by atoms with van der Waals surface area (Å²) in [6.45, 7) is 5.45. The highest BCUT2D eigenvalue weighted by molar-refractivity contribution is 5.20. The van der Waals surface area contributed by atoms with Crippen molar-refractivity contribution in [3.05, 3.63) is 24.0 Å². The molecular weight excluding hydrogens is 320 g/mol. The van der Waals surface area contributed by atoms with Gasteiger partial charge in [0.05, 0.1) is 42.7 Å². The van der Waals surface area contributed by atoms with Crippen LogP contribution in [0.1, 0.15) is 57.2 Å². The Balaban J connectivity index is 1.67. The number of aromatic nitrogens is 6. The Bertz CT molecular complexity index is 699. The molecule has 0 radical (unpaired) electrons. The van der Waals surface area contributed by atoms with E-state index in [1.807, 2.05) is 0 Å². The second kappa shape index (κ2) is 6.49. The summed E-state index contributed by atoms with van der Waals surface area (Å²) in [7, 11) is 1.76. The molecule has 1 aliphatic heterocycles. The molecule has 0 spiro atoms. The van der Waals surface area contributed by atoms with Gasteiger partial charge in [-0.2, -0.15) is 20.1 Å². The number of methoxy groups -OCH3 is 1. The summed E-state index contributed by atoms with van der Waals surface area (Å²) in [5.41, 5.74) is 0.0162. The van der Waals surface area contributed by atoms with Gasteiger partial charge in [-0.25, -0.2) is 9.67 Å². The van der Waals surface area contributed by atoms with E-state index in [1.54, 1.807) is 24.3 Å². The lowest BCUT2D eigenvalue weighted by molar-refractivity contribution is -0.0515. The molecule has 2 aliphatic rings. The predicted molar refractivity (Wildman–Crippen MR) is 90.2 cm³/mol. The minimum Gasteiger partial charge on any atom is -0.384 e. The Labute approximate surface area is 147 Å². The van der Waals surface area contributed by atoms with Gasteiger partial charge in [0.15, 0.2) is 5.82 Å². The van der Waals surface area contributed by atoms with Crippen LogP contribution in [-0.2, 0) is 21.4 Å². The van der Waals surface area contributed by atoms with Crippen LogP contribution in [0.15, 0.2) is 12.4 Å². The van der Waals surface area contributed by atoms with Crippen LogP contribution in [0, 0.1) is 0 Å². The van der Waals surface area contributed by atoms with E-state index in [-0.39, 0.29) is 17.6 Å². The van der Waals surface area contributed by atoms with Crippen molar-refractivity contribution in [2.75, 3.05) is 13.7 Å². The molecule has 8 heteroatoms. The summed E-state index contributed by atoms with van der Waals surface area (Å²) < 4.78 is 13.5. The molecule has 3 heterocycles. The third-order valence-corrected chi connectivity index (χ3v) is 5.19. The van der Waals surface area contributed by atoms with Gasteiger partial charge < -0.3 is 9.47 Å². The van der Waals surface area contributed by atoms with Crippen LogP contribution in [0.3, 0.4) is 0 Å². The zero-order chi connectivity index (χ0) is 17.4. The molecule has 0 aromatic carbocycles. The van der Waals surface area contributed by atoms with Gasteiger partial charge in [0, 0.05) is 7.11 Å². The van der Waals surface area contributed by atoms with Gasteiger partial charge in [0.1, 0.15) is 12.4 Å². The maximum atomic E-state index is 5.91. The molecule has 2 atom stereocenters. The van der Waals surface area contributed by atoms with E-state index in [9.17, 15) is 0 Å². The number of hydrogen-bond donors (Lipinski definition) is 0. The molecular formula is C17H26N6O2. The fourth-order valence-electron chi connectivity index (χ4n) is 3.93. The van der Waals surface area contributed by atoms with Crippen molar-refractivity contribution in [3.8, 4) is 0 Å². The van der Waals surface area contributed by atoms with Crippen LogP contribution in [0.4, 0.5) is 0 Å². The second-order valence-corrected chi connectivity index (χ2v) is 7.45. The summed E-state index contributed by atoms with van der Waals surface area (Å²) in [6, 6.07) is 0.315. The topological polar surface area (TPSA) is 79.9 Å². The van der Waals surface area contributed by atoms with Crippen molar-refractivity contribution in [2.24, 2.45) is 0 Å². The van der Waals surface area contributed by atoms with Crippen molar-refractivity contribution >= 4 is 0 Å². The van der Waals surface area contributed by atoms with E-state index in [2.05, 4.69) is 28.7 Å². The summed E-state index contributed by atoms with van der Waals surface area (Å²) in [5.74, 6) is 1.82. The van der Waals surface area contributed by atoms with Crippen molar-refractivity contribution in [1.29, 1.82) is 0 Å². The molecule has 0 amide bonds. The van der Waals surface area contributed by atoms with Gasteiger partial charge in [-0.3, -0.25) is 0 Å². The zero-order valence-electron chi connectivity index (χ0n) is 15.1. The monoisotopic (exact) mass is 346 g/mol. The quantitative estimate of drug-likeness (QED) is 0.792. The second-order valence-electron chi connectivity index (χ2n) is 7.45. The van der Waals surface area contributed by atoms with Crippen molar-refractivity contribution in [3.63, 3.8) is 0 Å². The molecule has 8 nitrogen and oxygen atoms in total. The van der Waals surface area contributed by atoms with E-state index in [1.165, 1.54) is 0 Å². The van der Waals surface area contributed by atoms with E-state index in [0.717, 1.165) is 37.3 Å². The highest BCUT2D eigenvalue weighted by Crippen LogP contribution is 2.48. The largest absolute Gasteiger partial charge is 0.384 e. The minimum absolute atomic E-state index is 0.0162. The molecule has 25 heavy (non-hydrogen) atoms. The van der Waals surface area contributed by atoms with Crippen molar-refractivity contribution in [1.82, 2.24) is 29.8 Å². The van der Waals surface area contributed by atoms with Crippen LogP contribution in [0.2, 0.25) is 0 Å². The highest BCUT2D eigenvalue weighted by Gasteiger charge is 2.49. The number of rotatable bonds is 6. The number of ether oxygens (including phenoxy) is 2. The van der Waals surface area contributed by atoms with Crippen LogP contribution in [-0.4, -0.2) is 55.7 Å². The zero-order valence-corrected chi connectivity index (χ0v) is 15.1. The van der Waals surface area contributed by atoms with Crippen LogP contribution >= 0.6 is 0 Å². The normalized spacial score (nSPS) is 28.2. The Kier molecular flexibility index (Phi) is 4.33. The first-order valence-electron chi connectivity index (χ1n) is 9.04. The standard InChI is InChI=1S/C17H26N6O2/c1-12-8-14(9-13(2)25-12)23-16(17(4-5-17)11-24-3)20-15(21-23)10-22-18-6-7-19-22/h6-7,12-14H,4-5,8-11H2,1-3H3. The third kappa shape index (κ3) is 3.32. The van der Waals surface area contributed by atoms with Crippen LogP contribution in [0.5, 0.6) is 0 Å². The molecule has 2 aromatic heterocycles. The molecule has 0 bridgehead atoms. The summed E-state index contributed by atoms with van der Waals surface area (Å²) in [6.07, 6.45) is 7.95. The molecule has 136 valence electrons. The average Bonchev–Trinajstić information content (AvgIpc) is 2.98. The first-order chi connectivity index (χ1) is 12.1. The Morgan fingerprint density at radius 2 is 1.88 bits per heavy atom. The first-order valence-corrected chi connectivity index (χ1v) is 9.04. The van der Waals surface area contributed by atoms with E-state index >= 15 is 0 Å². The van der Waals surface area contributed by atoms with Gasteiger partial charge in [0.2, 0.25) is 0 Å². The SMILES string of the molecule is COCC1(c2nc(Cn3nccn3)nn2C2CC(C)OC(C)C2)CC1. The maximum Gasteiger partial charge on any atom is 0.174 e. The molecule has 1 aliphatic carbocycles. The lowest BCUT2D eigenvalue weighted by Crippen LogP contribution is -2.33. The van der Waals surface area contributed by atoms with E-state index < -0.39 is 0 Å². The average molecular weight is 346 g/mol. The highest BCUT2D eigenvalue weighted by atomic mass is 16.5.